The van der Waals surface area contributed by atoms with Gasteiger partial charge in [-0.3, -0.25) is 9.78 Å². The lowest BCUT2D eigenvalue weighted by Crippen LogP contribution is -2.02. The van der Waals surface area contributed by atoms with Gasteiger partial charge < -0.3 is 0 Å². The maximum atomic E-state index is 13.1. The number of alkyl halides is 2. The zero-order chi connectivity index (χ0) is 10.9. The Balaban J connectivity index is 3.33. The number of carbonyl (C=O) groups is 1. The van der Waals surface area contributed by atoms with Crippen molar-refractivity contribution in [3.63, 3.8) is 0 Å². The summed E-state index contributed by atoms with van der Waals surface area (Å²) in [5.41, 5.74) is -1.30. The molecule has 0 amide bonds. The van der Waals surface area contributed by atoms with Gasteiger partial charge in [-0.15, -0.1) is 0 Å². The fourth-order valence-corrected chi connectivity index (χ4v) is 1.39. The lowest BCUT2D eigenvalue weighted by molar-refractivity contribution is 0.107. The first-order valence-electron chi connectivity index (χ1n) is 3.27. The molecule has 0 saturated heterocycles. The molecule has 1 heterocycles. The van der Waals surface area contributed by atoms with Crippen molar-refractivity contribution in [1.29, 1.82) is 0 Å². The summed E-state index contributed by atoms with van der Waals surface area (Å²) in [6.45, 7) is 0. The van der Waals surface area contributed by atoms with Gasteiger partial charge in [0.25, 0.3) is 11.7 Å². The van der Waals surface area contributed by atoms with Gasteiger partial charge in [0.1, 0.15) is 5.69 Å². The molecule has 2 nitrogen and oxygen atoms in total. The Kier molecular flexibility index (Phi) is 3.49. The highest BCUT2D eigenvalue weighted by Crippen LogP contribution is 2.29. The third-order valence-electron chi connectivity index (χ3n) is 1.41. The first-order valence-corrected chi connectivity index (χ1v) is 4.44. The van der Waals surface area contributed by atoms with Gasteiger partial charge in [-0.05, 0) is 27.5 Å². The third-order valence-corrected chi connectivity index (χ3v) is 2.36. The van der Waals surface area contributed by atoms with Crippen LogP contribution >= 0.6 is 27.5 Å². The van der Waals surface area contributed by atoms with Crippen molar-refractivity contribution in [2.75, 3.05) is 0 Å². The first kappa shape index (κ1) is 11.5. The highest BCUT2D eigenvalue weighted by molar-refractivity contribution is 9.10. The zero-order valence-electron chi connectivity index (χ0n) is 6.40. The van der Waals surface area contributed by atoms with E-state index in [1.807, 2.05) is 0 Å². The molecule has 0 saturated carbocycles. The Hall–Kier alpha value is -0.620. The van der Waals surface area contributed by atoms with Crippen LogP contribution < -0.4 is 0 Å². The van der Waals surface area contributed by atoms with E-state index in [1.165, 1.54) is 0 Å². The molecule has 0 aliphatic carbocycles. The van der Waals surface area contributed by atoms with Gasteiger partial charge in [0.05, 0.1) is 10.0 Å². The fourth-order valence-electron chi connectivity index (χ4n) is 0.767. The molecule has 1 aromatic heterocycles. The van der Waals surface area contributed by atoms with Crippen molar-refractivity contribution < 1.29 is 18.0 Å². The number of aromatic nitrogens is 1. The third kappa shape index (κ3) is 2.06. The molecule has 7 heteroatoms. The van der Waals surface area contributed by atoms with Crippen molar-refractivity contribution in [3.8, 4) is 0 Å². The van der Waals surface area contributed by atoms with Crippen molar-refractivity contribution >= 4 is 32.8 Å². The molecule has 0 radical (unpaired) electrons. The molecule has 0 bridgehead atoms. The van der Waals surface area contributed by atoms with Gasteiger partial charge >= 0.3 is 0 Å². The average Bonchev–Trinajstić information content (AvgIpc) is 2.08. The van der Waals surface area contributed by atoms with Gasteiger partial charge in [0.15, 0.2) is 5.82 Å². The van der Waals surface area contributed by atoms with E-state index in [0.29, 0.717) is 6.20 Å². The van der Waals surface area contributed by atoms with Gasteiger partial charge in [-0.1, -0.05) is 0 Å². The number of rotatable bonds is 2. The van der Waals surface area contributed by atoms with Crippen LogP contribution in [0.4, 0.5) is 13.2 Å². The van der Waals surface area contributed by atoms with Crippen LogP contribution in [-0.4, -0.2) is 10.2 Å². The topological polar surface area (TPSA) is 30.0 Å². The second-order valence-electron chi connectivity index (χ2n) is 2.26. The molecule has 0 N–H and O–H groups in total. The highest BCUT2D eigenvalue weighted by Gasteiger charge is 2.21. The van der Waals surface area contributed by atoms with Gasteiger partial charge in [0.2, 0.25) is 0 Å². The molecule has 0 fully saturated rings. The summed E-state index contributed by atoms with van der Waals surface area (Å²) in [6, 6.07) is 0. The summed E-state index contributed by atoms with van der Waals surface area (Å²) in [5.74, 6) is -1.13. The van der Waals surface area contributed by atoms with Gasteiger partial charge in [-0.2, -0.15) is 0 Å². The van der Waals surface area contributed by atoms with Crippen molar-refractivity contribution in [2.45, 2.75) is 6.43 Å². The highest BCUT2D eigenvalue weighted by atomic mass is 79.9. The maximum absolute atomic E-state index is 13.1. The van der Waals surface area contributed by atoms with Crippen LogP contribution in [0.2, 0.25) is 0 Å². The monoisotopic (exact) mass is 287 g/mol. The van der Waals surface area contributed by atoms with Gasteiger partial charge in [-0.25, -0.2) is 13.2 Å². The van der Waals surface area contributed by atoms with E-state index in [9.17, 15) is 18.0 Å². The SMILES string of the molecule is O=C(Cl)c1cnc(C(F)F)c(Br)c1F. The quantitative estimate of drug-likeness (QED) is 0.782. The maximum Gasteiger partial charge on any atom is 0.281 e. The summed E-state index contributed by atoms with van der Waals surface area (Å²) in [7, 11) is 0. The van der Waals surface area contributed by atoms with Crippen LogP contribution in [0.15, 0.2) is 10.7 Å². The summed E-state index contributed by atoms with van der Waals surface area (Å²) in [4.78, 5) is 13.8. The number of halogens is 5. The van der Waals surface area contributed by atoms with E-state index in [-0.39, 0.29) is 0 Å². The van der Waals surface area contributed by atoms with Gasteiger partial charge in [0, 0.05) is 6.20 Å². The van der Waals surface area contributed by atoms with E-state index >= 15 is 0 Å². The number of hydrogen-bond donors (Lipinski definition) is 0. The van der Waals surface area contributed by atoms with E-state index in [1.54, 1.807) is 0 Å². The molecule has 0 spiro atoms. The molecule has 76 valence electrons. The van der Waals surface area contributed by atoms with Crippen LogP contribution in [0.5, 0.6) is 0 Å². The molecular formula is C7H2BrClF3NO. The fraction of sp³-hybridized carbons (Fsp3) is 0.143. The lowest BCUT2D eigenvalue weighted by atomic mass is 10.2. The van der Waals surface area contributed by atoms with Crippen LogP contribution in [0.1, 0.15) is 22.5 Å². The number of hydrogen-bond acceptors (Lipinski definition) is 2. The van der Waals surface area contributed by atoms with E-state index in [4.69, 9.17) is 11.6 Å². The molecule has 0 aliphatic heterocycles. The molecule has 1 rings (SSSR count). The summed E-state index contributed by atoms with van der Waals surface area (Å²) in [5, 5.41) is -1.09. The van der Waals surface area contributed by atoms with Crippen molar-refractivity contribution in [3.05, 3.63) is 27.7 Å². The molecular weight excluding hydrogens is 286 g/mol. The molecule has 1 aromatic rings. The second-order valence-corrected chi connectivity index (χ2v) is 3.40. The van der Waals surface area contributed by atoms with Crippen molar-refractivity contribution in [1.82, 2.24) is 4.98 Å². The zero-order valence-corrected chi connectivity index (χ0v) is 8.74. The predicted molar refractivity (Wildman–Crippen MR) is 47.0 cm³/mol. The lowest BCUT2D eigenvalue weighted by Gasteiger charge is -2.04. The Bertz CT molecular complexity index is 385. The number of nitrogens with zero attached hydrogens (tertiary/aromatic N) is 1. The van der Waals surface area contributed by atoms with E-state index in [0.717, 1.165) is 0 Å². The Morgan fingerprint density at radius 1 is 1.57 bits per heavy atom. The Labute approximate surface area is 90.2 Å². The van der Waals surface area contributed by atoms with Crippen molar-refractivity contribution in [2.24, 2.45) is 0 Å². The molecule has 14 heavy (non-hydrogen) atoms. The minimum absolute atomic E-state index is 0.539. The first-order chi connectivity index (χ1) is 6.45. The molecule has 0 atom stereocenters. The summed E-state index contributed by atoms with van der Waals surface area (Å²) in [6.07, 6.45) is -2.24. The second kappa shape index (κ2) is 4.27. The van der Waals surface area contributed by atoms with E-state index in [2.05, 4.69) is 20.9 Å². The smallest absolute Gasteiger partial charge is 0.275 e. The molecule has 0 aliphatic rings. The minimum Gasteiger partial charge on any atom is -0.275 e. The molecule has 0 unspecified atom stereocenters. The van der Waals surface area contributed by atoms with E-state index < -0.39 is 33.2 Å². The van der Waals surface area contributed by atoms with Crippen LogP contribution in [0.3, 0.4) is 0 Å². The van der Waals surface area contributed by atoms with Crippen LogP contribution in [0, 0.1) is 5.82 Å². The standard InChI is InChI=1S/C7H2BrClF3NO/c8-3-4(10)2(6(9)14)1-13-5(3)7(11)12/h1,7H. The average molecular weight is 288 g/mol. The Morgan fingerprint density at radius 2 is 2.14 bits per heavy atom. The Morgan fingerprint density at radius 3 is 2.57 bits per heavy atom. The number of pyridine rings is 1. The molecule has 0 aromatic carbocycles. The minimum atomic E-state index is -2.92. The predicted octanol–water partition coefficient (Wildman–Crippen LogP) is 3.30. The normalized spacial score (nSPS) is 10.7. The summed E-state index contributed by atoms with van der Waals surface area (Å²) < 4.78 is 36.9. The number of carbonyl (C=O) groups excluding carboxylic acids is 1. The summed E-state index contributed by atoms with van der Waals surface area (Å²) >= 11 is 7.56. The largest absolute Gasteiger partial charge is 0.281 e. The van der Waals surface area contributed by atoms with Crippen LogP contribution in [0.25, 0.3) is 0 Å². The van der Waals surface area contributed by atoms with Crippen LogP contribution in [-0.2, 0) is 0 Å².